The van der Waals surface area contributed by atoms with Crippen LogP contribution in [-0.4, -0.2) is 15.0 Å². The summed E-state index contributed by atoms with van der Waals surface area (Å²) in [6.45, 7) is 2.15. The minimum atomic E-state index is 0.600. The van der Waals surface area contributed by atoms with Gasteiger partial charge in [-0.2, -0.15) is 0 Å². The van der Waals surface area contributed by atoms with E-state index in [0.717, 1.165) is 39.9 Å². The van der Waals surface area contributed by atoms with Crippen LogP contribution in [0.15, 0.2) is 12.1 Å². The molecule has 0 fully saturated rings. The maximum atomic E-state index is 5.72. The highest BCUT2D eigenvalue weighted by Gasteiger charge is 2.09. The number of nitrogens with one attached hydrogen (secondary N) is 1. The van der Waals surface area contributed by atoms with Crippen LogP contribution in [0, 0.1) is 0 Å². The third-order valence-corrected chi connectivity index (χ3v) is 3.47. The number of hydrogen-bond acceptors (Lipinski definition) is 4. The largest absolute Gasteiger partial charge is 0.375 e. The van der Waals surface area contributed by atoms with E-state index >= 15 is 0 Å². The number of aromatic nitrogens is 3. The van der Waals surface area contributed by atoms with Crippen molar-refractivity contribution in [2.45, 2.75) is 19.8 Å². The summed E-state index contributed by atoms with van der Waals surface area (Å²) in [5.41, 5.74) is 8.72. The highest BCUT2D eigenvalue weighted by Crippen LogP contribution is 2.30. The highest BCUT2D eigenvalue weighted by molar-refractivity contribution is 7.22. The average Bonchev–Trinajstić information content (AvgIpc) is 2.79. The summed E-state index contributed by atoms with van der Waals surface area (Å²) in [6, 6.07) is 4.00. The van der Waals surface area contributed by atoms with Crippen molar-refractivity contribution in [3.63, 3.8) is 0 Å². The van der Waals surface area contributed by atoms with Gasteiger partial charge in [-0.05, 0) is 18.6 Å². The molecule has 0 aliphatic carbocycles. The second-order valence-electron chi connectivity index (χ2n) is 3.80. The van der Waals surface area contributed by atoms with E-state index in [1.165, 1.54) is 11.3 Å². The number of imidazole rings is 1. The van der Waals surface area contributed by atoms with E-state index in [4.69, 9.17) is 5.73 Å². The van der Waals surface area contributed by atoms with Gasteiger partial charge in [-0.3, -0.25) is 0 Å². The van der Waals surface area contributed by atoms with E-state index in [0.29, 0.717) is 5.13 Å². The van der Waals surface area contributed by atoms with E-state index in [2.05, 4.69) is 21.9 Å². The molecule has 3 aromatic rings. The van der Waals surface area contributed by atoms with E-state index < -0.39 is 0 Å². The molecule has 3 N–H and O–H groups in total. The molecule has 0 atom stereocenters. The summed E-state index contributed by atoms with van der Waals surface area (Å²) in [5, 5.41) is 0.600. The summed E-state index contributed by atoms with van der Waals surface area (Å²) < 4.78 is 1.08. The van der Waals surface area contributed by atoms with Crippen LogP contribution >= 0.6 is 11.3 Å². The van der Waals surface area contributed by atoms with Crippen LogP contribution in [0.2, 0.25) is 0 Å². The van der Waals surface area contributed by atoms with Crippen molar-refractivity contribution in [3.05, 3.63) is 18.0 Å². The van der Waals surface area contributed by atoms with Crippen LogP contribution in [-0.2, 0) is 6.42 Å². The van der Waals surface area contributed by atoms with Crippen molar-refractivity contribution in [1.82, 2.24) is 15.0 Å². The number of rotatable bonds is 2. The van der Waals surface area contributed by atoms with Crippen LogP contribution < -0.4 is 5.73 Å². The molecule has 2 aromatic heterocycles. The second kappa shape index (κ2) is 3.45. The van der Waals surface area contributed by atoms with E-state index in [1.807, 2.05) is 12.1 Å². The number of aromatic amines is 1. The molecule has 0 bridgehead atoms. The molecule has 5 heteroatoms. The number of nitrogens with two attached hydrogens (primary N) is 1. The molecule has 0 aliphatic heterocycles. The van der Waals surface area contributed by atoms with Crippen molar-refractivity contribution in [2.24, 2.45) is 0 Å². The van der Waals surface area contributed by atoms with Gasteiger partial charge in [0.25, 0.3) is 0 Å². The van der Waals surface area contributed by atoms with E-state index in [-0.39, 0.29) is 0 Å². The molecule has 1 aromatic carbocycles. The Morgan fingerprint density at radius 1 is 1.38 bits per heavy atom. The van der Waals surface area contributed by atoms with E-state index in [1.54, 1.807) is 0 Å². The number of H-pyrrole nitrogens is 1. The van der Waals surface area contributed by atoms with Crippen molar-refractivity contribution in [1.29, 1.82) is 0 Å². The molecule has 0 spiro atoms. The maximum absolute atomic E-state index is 5.72. The van der Waals surface area contributed by atoms with Crippen molar-refractivity contribution >= 4 is 37.7 Å². The zero-order valence-corrected chi connectivity index (χ0v) is 9.77. The molecule has 2 heterocycles. The Labute approximate surface area is 96.5 Å². The Kier molecular flexibility index (Phi) is 2.07. The maximum Gasteiger partial charge on any atom is 0.181 e. The third kappa shape index (κ3) is 1.36. The van der Waals surface area contributed by atoms with Crippen molar-refractivity contribution in [3.8, 4) is 0 Å². The number of nitrogen functional groups attached to an aromatic ring is 1. The van der Waals surface area contributed by atoms with Crippen molar-refractivity contribution < 1.29 is 0 Å². The summed E-state index contributed by atoms with van der Waals surface area (Å²) in [5.74, 6) is 1.04. The molecule has 0 amide bonds. The van der Waals surface area contributed by atoms with Gasteiger partial charge in [-0.25, -0.2) is 9.97 Å². The Balaban J connectivity index is 2.31. The van der Waals surface area contributed by atoms with Gasteiger partial charge in [-0.15, -0.1) is 0 Å². The molecular weight excluding hydrogens is 220 g/mol. The van der Waals surface area contributed by atoms with Crippen LogP contribution in [0.25, 0.3) is 21.3 Å². The molecule has 4 nitrogen and oxygen atoms in total. The molecule has 16 heavy (non-hydrogen) atoms. The lowest BCUT2D eigenvalue weighted by Gasteiger charge is -1.87. The van der Waals surface area contributed by atoms with Gasteiger partial charge in [0.05, 0.1) is 15.7 Å². The first kappa shape index (κ1) is 9.59. The molecule has 82 valence electrons. The minimum Gasteiger partial charge on any atom is -0.375 e. The summed E-state index contributed by atoms with van der Waals surface area (Å²) in [6.07, 6.45) is 2.07. The number of nitrogens with zero attached hydrogens (tertiary/aromatic N) is 2. The Morgan fingerprint density at radius 2 is 2.25 bits per heavy atom. The standard InChI is InChI=1S/C11H12N4S/c1-2-3-8-13-6-4-5-7-10(9(6)15-8)16-11(12)14-7/h4-5H,2-3H2,1H3,(H2,12,14)(H,13,15). The number of aryl methyl sites for hydroxylation is 1. The van der Waals surface area contributed by atoms with Gasteiger partial charge in [0.2, 0.25) is 0 Å². The lowest BCUT2D eigenvalue weighted by atomic mass is 10.3. The summed E-state index contributed by atoms with van der Waals surface area (Å²) in [4.78, 5) is 12.2. The van der Waals surface area contributed by atoms with Gasteiger partial charge in [0, 0.05) is 6.42 Å². The van der Waals surface area contributed by atoms with Gasteiger partial charge in [0.1, 0.15) is 11.3 Å². The SMILES string of the molecule is CCCc1nc2c(ccc3nc(N)sc32)[nH]1. The number of thiazole rings is 1. The van der Waals surface area contributed by atoms with Crippen LogP contribution in [0.5, 0.6) is 0 Å². The van der Waals surface area contributed by atoms with Gasteiger partial charge < -0.3 is 10.7 Å². The zero-order valence-electron chi connectivity index (χ0n) is 8.95. The zero-order chi connectivity index (χ0) is 11.1. The predicted molar refractivity (Wildman–Crippen MR) is 67.7 cm³/mol. The first-order chi connectivity index (χ1) is 7.78. The monoisotopic (exact) mass is 232 g/mol. The quantitative estimate of drug-likeness (QED) is 0.713. The minimum absolute atomic E-state index is 0.600. The lowest BCUT2D eigenvalue weighted by molar-refractivity contribution is 0.862. The fourth-order valence-electron chi connectivity index (χ4n) is 1.88. The number of anilines is 1. The van der Waals surface area contributed by atoms with Crippen molar-refractivity contribution in [2.75, 3.05) is 5.73 Å². The fraction of sp³-hybridized carbons (Fsp3) is 0.273. The first-order valence-electron chi connectivity index (χ1n) is 5.31. The Morgan fingerprint density at radius 3 is 3.06 bits per heavy atom. The average molecular weight is 232 g/mol. The molecule has 0 saturated heterocycles. The topological polar surface area (TPSA) is 67.6 Å². The molecular formula is C11H12N4S. The summed E-state index contributed by atoms with van der Waals surface area (Å²) >= 11 is 1.50. The molecule has 0 radical (unpaired) electrons. The third-order valence-electron chi connectivity index (χ3n) is 2.56. The second-order valence-corrected chi connectivity index (χ2v) is 4.83. The molecule has 3 rings (SSSR count). The normalized spacial score (nSPS) is 11.6. The summed E-state index contributed by atoms with van der Waals surface area (Å²) in [7, 11) is 0. The molecule has 0 unspecified atom stereocenters. The molecule has 0 saturated carbocycles. The van der Waals surface area contributed by atoms with Crippen LogP contribution in [0.3, 0.4) is 0 Å². The fourth-order valence-corrected chi connectivity index (χ4v) is 2.70. The van der Waals surface area contributed by atoms with Gasteiger partial charge in [0.15, 0.2) is 5.13 Å². The van der Waals surface area contributed by atoms with E-state index in [9.17, 15) is 0 Å². The number of fused-ring (bicyclic) bond motifs is 3. The van der Waals surface area contributed by atoms with Crippen LogP contribution in [0.1, 0.15) is 19.2 Å². The Bertz CT molecular complexity index is 652. The van der Waals surface area contributed by atoms with Gasteiger partial charge >= 0.3 is 0 Å². The predicted octanol–water partition coefficient (Wildman–Crippen LogP) is 2.71. The number of benzene rings is 1. The molecule has 0 aliphatic rings. The smallest absolute Gasteiger partial charge is 0.181 e. The first-order valence-corrected chi connectivity index (χ1v) is 6.13. The lowest BCUT2D eigenvalue weighted by Crippen LogP contribution is -1.83. The Hall–Kier alpha value is -1.62. The van der Waals surface area contributed by atoms with Crippen LogP contribution in [0.4, 0.5) is 5.13 Å². The van der Waals surface area contributed by atoms with Gasteiger partial charge in [-0.1, -0.05) is 18.3 Å². The number of hydrogen-bond donors (Lipinski definition) is 2. The highest BCUT2D eigenvalue weighted by atomic mass is 32.1.